The van der Waals surface area contributed by atoms with E-state index in [1.807, 2.05) is 37.3 Å². The van der Waals surface area contributed by atoms with E-state index >= 15 is 0 Å². The zero-order chi connectivity index (χ0) is 11.1. The molecule has 80 valence electrons. The maximum absolute atomic E-state index is 13.5. The lowest BCUT2D eigenvalue weighted by atomic mass is 10.2. The van der Waals surface area contributed by atoms with Crippen LogP contribution in [0.25, 0.3) is 6.08 Å². The van der Waals surface area contributed by atoms with E-state index in [4.69, 9.17) is 12.2 Å². The van der Waals surface area contributed by atoms with Gasteiger partial charge in [-0.1, -0.05) is 49.5 Å². The quantitative estimate of drug-likeness (QED) is 0.620. The number of benzene rings is 1. The van der Waals surface area contributed by atoms with Gasteiger partial charge in [-0.25, -0.2) is 4.39 Å². The Hall–Kier alpha value is -1.22. The van der Waals surface area contributed by atoms with Crippen molar-refractivity contribution in [2.24, 2.45) is 0 Å². The van der Waals surface area contributed by atoms with Gasteiger partial charge in [-0.15, -0.1) is 0 Å². The molecule has 0 heterocycles. The lowest BCUT2D eigenvalue weighted by molar-refractivity contribution is 0.679. The maximum Gasteiger partial charge on any atom is 0.158 e. The first-order chi connectivity index (χ1) is 7.24. The molecule has 0 fully saturated rings. The summed E-state index contributed by atoms with van der Waals surface area (Å²) in [6.45, 7) is 2.71. The van der Waals surface area contributed by atoms with Crippen LogP contribution in [0.2, 0.25) is 0 Å². The number of hydrogen-bond acceptors (Lipinski definition) is 1. The first-order valence-corrected chi connectivity index (χ1v) is 5.35. The SMILES string of the molecule is CCCNC(=S)/C(F)=C/c1ccccc1. The van der Waals surface area contributed by atoms with Gasteiger partial charge in [0.15, 0.2) is 5.83 Å². The van der Waals surface area contributed by atoms with Gasteiger partial charge in [-0.3, -0.25) is 0 Å². The highest BCUT2D eigenvalue weighted by atomic mass is 32.1. The average molecular weight is 223 g/mol. The van der Waals surface area contributed by atoms with E-state index in [-0.39, 0.29) is 10.8 Å². The topological polar surface area (TPSA) is 12.0 Å². The lowest BCUT2D eigenvalue weighted by Gasteiger charge is -2.03. The molecule has 1 N–H and O–H groups in total. The van der Waals surface area contributed by atoms with Crippen molar-refractivity contribution in [2.75, 3.05) is 6.54 Å². The summed E-state index contributed by atoms with van der Waals surface area (Å²) in [4.78, 5) is 0.181. The minimum Gasteiger partial charge on any atom is -0.374 e. The summed E-state index contributed by atoms with van der Waals surface area (Å²) in [7, 11) is 0. The van der Waals surface area contributed by atoms with Gasteiger partial charge in [0.1, 0.15) is 4.99 Å². The van der Waals surface area contributed by atoms with Gasteiger partial charge >= 0.3 is 0 Å². The fourth-order valence-corrected chi connectivity index (χ4v) is 1.25. The van der Waals surface area contributed by atoms with Crippen LogP contribution in [0.3, 0.4) is 0 Å². The summed E-state index contributed by atoms with van der Waals surface area (Å²) in [6.07, 6.45) is 2.36. The molecule has 0 atom stereocenters. The standard InChI is InChI=1S/C12H14FNS/c1-2-8-14-12(15)11(13)9-10-6-4-3-5-7-10/h3-7,9H,2,8H2,1H3,(H,14,15)/b11-9-. The molecule has 1 rings (SSSR count). The van der Waals surface area contributed by atoms with E-state index in [0.717, 1.165) is 12.0 Å². The molecule has 0 aliphatic rings. The first kappa shape index (κ1) is 11.9. The van der Waals surface area contributed by atoms with E-state index in [1.165, 1.54) is 6.08 Å². The van der Waals surface area contributed by atoms with E-state index in [2.05, 4.69) is 5.32 Å². The van der Waals surface area contributed by atoms with E-state index in [9.17, 15) is 4.39 Å². The molecule has 1 aromatic rings. The number of hydrogen-bond donors (Lipinski definition) is 1. The molecule has 0 amide bonds. The molecule has 0 aliphatic heterocycles. The van der Waals surface area contributed by atoms with E-state index in [0.29, 0.717) is 6.54 Å². The van der Waals surface area contributed by atoms with Gasteiger partial charge in [-0.2, -0.15) is 0 Å². The monoisotopic (exact) mass is 223 g/mol. The molecule has 15 heavy (non-hydrogen) atoms. The number of thiocarbonyl (C=S) groups is 1. The fourth-order valence-electron chi connectivity index (χ4n) is 1.08. The molecular formula is C12H14FNS. The summed E-state index contributed by atoms with van der Waals surface area (Å²) in [5, 5.41) is 2.84. The van der Waals surface area contributed by atoms with Crippen molar-refractivity contribution >= 4 is 23.3 Å². The van der Waals surface area contributed by atoms with Crippen molar-refractivity contribution in [1.29, 1.82) is 0 Å². The van der Waals surface area contributed by atoms with Crippen molar-refractivity contribution in [3.8, 4) is 0 Å². The third-order valence-corrected chi connectivity index (χ3v) is 2.18. The third kappa shape index (κ3) is 4.21. The molecule has 0 spiro atoms. The molecule has 0 unspecified atom stereocenters. The Balaban J connectivity index is 2.63. The highest BCUT2D eigenvalue weighted by Gasteiger charge is 2.02. The lowest BCUT2D eigenvalue weighted by Crippen LogP contribution is -2.22. The number of nitrogens with one attached hydrogen (secondary N) is 1. The summed E-state index contributed by atoms with van der Waals surface area (Å²) >= 11 is 4.89. The van der Waals surface area contributed by atoms with Crippen LogP contribution in [0.4, 0.5) is 4.39 Å². The summed E-state index contributed by atoms with van der Waals surface area (Å²) in [5.74, 6) is -0.385. The molecule has 1 nitrogen and oxygen atoms in total. The van der Waals surface area contributed by atoms with Crippen LogP contribution >= 0.6 is 12.2 Å². The van der Waals surface area contributed by atoms with Crippen LogP contribution in [0, 0.1) is 0 Å². The van der Waals surface area contributed by atoms with Crippen LogP contribution in [0.5, 0.6) is 0 Å². The van der Waals surface area contributed by atoms with Crippen LogP contribution < -0.4 is 5.32 Å². The number of halogens is 1. The normalized spacial score (nSPS) is 11.2. The molecular weight excluding hydrogens is 209 g/mol. The van der Waals surface area contributed by atoms with Crippen molar-refractivity contribution in [2.45, 2.75) is 13.3 Å². The first-order valence-electron chi connectivity index (χ1n) is 4.94. The Kier molecular flexibility index (Phi) is 4.98. The fraction of sp³-hybridized carbons (Fsp3) is 0.250. The predicted molar refractivity (Wildman–Crippen MR) is 66.4 cm³/mol. The van der Waals surface area contributed by atoms with Gasteiger partial charge in [0, 0.05) is 6.54 Å². The van der Waals surface area contributed by atoms with Crippen molar-refractivity contribution in [3.63, 3.8) is 0 Å². The van der Waals surface area contributed by atoms with Crippen molar-refractivity contribution < 1.29 is 4.39 Å². The van der Waals surface area contributed by atoms with E-state index < -0.39 is 0 Å². The van der Waals surface area contributed by atoms with Crippen LogP contribution in [0.1, 0.15) is 18.9 Å². The maximum atomic E-state index is 13.5. The Morgan fingerprint density at radius 2 is 2.07 bits per heavy atom. The summed E-state index contributed by atoms with van der Waals surface area (Å²) in [5.41, 5.74) is 0.815. The Labute approximate surface area is 95.0 Å². The second-order valence-corrected chi connectivity index (χ2v) is 3.57. The second-order valence-electron chi connectivity index (χ2n) is 3.16. The van der Waals surface area contributed by atoms with Crippen LogP contribution in [0.15, 0.2) is 36.2 Å². The van der Waals surface area contributed by atoms with Crippen LogP contribution in [-0.4, -0.2) is 11.5 Å². The van der Waals surface area contributed by atoms with Gasteiger partial charge in [0.05, 0.1) is 0 Å². The van der Waals surface area contributed by atoms with Crippen molar-refractivity contribution in [3.05, 3.63) is 41.7 Å². The summed E-state index contributed by atoms with van der Waals surface area (Å²) in [6, 6.07) is 9.29. The molecule has 0 saturated heterocycles. The zero-order valence-electron chi connectivity index (χ0n) is 8.66. The third-order valence-electron chi connectivity index (χ3n) is 1.85. The Morgan fingerprint density at radius 1 is 1.40 bits per heavy atom. The molecule has 1 aromatic carbocycles. The smallest absolute Gasteiger partial charge is 0.158 e. The van der Waals surface area contributed by atoms with Gasteiger partial charge in [0.25, 0.3) is 0 Å². The predicted octanol–water partition coefficient (Wildman–Crippen LogP) is 3.32. The zero-order valence-corrected chi connectivity index (χ0v) is 9.48. The summed E-state index contributed by atoms with van der Waals surface area (Å²) < 4.78 is 13.5. The minimum atomic E-state index is -0.385. The Morgan fingerprint density at radius 3 is 2.67 bits per heavy atom. The Bertz CT molecular complexity index is 346. The van der Waals surface area contributed by atoms with Gasteiger partial charge in [-0.05, 0) is 18.1 Å². The largest absolute Gasteiger partial charge is 0.374 e. The highest BCUT2D eigenvalue weighted by Crippen LogP contribution is 2.08. The highest BCUT2D eigenvalue weighted by molar-refractivity contribution is 7.80. The van der Waals surface area contributed by atoms with Crippen molar-refractivity contribution in [1.82, 2.24) is 5.32 Å². The average Bonchev–Trinajstić information content (AvgIpc) is 2.27. The molecule has 0 radical (unpaired) electrons. The van der Waals surface area contributed by atoms with E-state index in [1.54, 1.807) is 0 Å². The molecule has 0 bridgehead atoms. The van der Waals surface area contributed by atoms with Gasteiger partial charge in [0.2, 0.25) is 0 Å². The second kappa shape index (κ2) is 6.30. The van der Waals surface area contributed by atoms with Gasteiger partial charge < -0.3 is 5.32 Å². The molecule has 0 aromatic heterocycles. The minimum absolute atomic E-state index is 0.181. The molecule has 0 saturated carbocycles. The molecule has 0 aliphatic carbocycles. The number of rotatable bonds is 4. The van der Waals surface area contributed by atoms with Crippen LogP contribution in [-0.2, 0) is 0 Å². The molecule has 3 heteroatoms.